The van der Waals surface area contributed by atoms with Crippen LogP contribution in [0.1, 0.15) is 25.3 Å². The molecule has 0 radical (unpaired) electrons. The maximum Gasteiger partial charge on any atom is 0.222 e. The second kappa shape index (κ2) is 7.30. The fourth-order valence-corrected chi connectivity index (χ4v) is 1.32. The molecule has 1 aromatic rings. The number of nitrogens with zero attached hydrogens (tertiary/aromatic N) is 2. The molecule has 0 aromatic carbocycles. The summed E-state index contributed by atoms with van der Waals surface area (Å²) < 4.78 is 0. The second-order valence-electron chi connectivity index (χ2n) is 3.50. The molecule has 0 bridgehead atoms. The molecule has 0 unspecified atom stereocenters. The third-order valence-electron chi connectivity index (χ3n) is 2.24. The molecule has 5 heteroatoms. The van der Waals surface area contributed by atoms with Crippen LogP contribution in [-0.2, 0) is 11.2 Å². The van der Waals surface area contributed by atoms with E-state index in [2.05, 4.69) is 15.3 Å². The van der Waals surface area contributed by atoms with Gasteiger partial charge in [-0.15, -0.1) is 0 Å². The lowest BCUT2D eigenvalue weighted by Crippen LogP contribution is -2.27. The lowest BCUT2D eigenvalue weighted by atomic mass is 10.1. The fraction of sp³-hybridized carbons (Fsp3) is 0.545. The van der Waals surface area contributed by atoms with E-state index in [0.717, 1.165) is 37.9 Å². The molecule has 1 saturated heterocycles. The maximum atomic E-state index is 10.4. The number of hydrogen-bond donors (Lipinski definition) is 1. The van der Waals surface area contributed by atoms with Crippen LogP contribution in [0.25, 0.3) is 0 Å². The van der Waals surface area contributed by atoms with Gasteiger partial charge in [0.2, 0.25) is 5.28 Å². The van der Waals surface area contributed by atoms with E-state index in [-0.39, 0.29) is 0 Å². The number of aromatic nitrogens is 2. The van der Waals surface area contributed by atoms with E-state index in [1.807, 2.05) is 6.92 Å². The Morgan fingerprint density at radius 2 is 1.88 bits per heavy atom. The van der Waals surface area contributed by atoms with Crippen molar-refractivity contribution in [1.82, 2.24) is 15.3 Å². The Bertz CT molecular complexity index is 319. The van der Waals surface area contributed by atoms with Crippen LogP contribution in [0.5, 0.6) is 0 Å². The van der Waals surface area contributed by atoms with Gasteiger partial charge in [-0.2, -0.15) is 0 Å². The molecule has 1 aliphatic heterocycles. The zero-order chi connectivity index (χ0) is 11.8. The summed E-state index contributed by atoms with van der Waals surface area (Å²) in [5.74, 6) is 0.402. The molecule has 0 saturated carbocycles. The van der Waals surface area contributed by atoms with Gasteiger partial charge in [0.25, 0.3) is 0 Å². The van der Waals surface area contributed by atoms with Gasteiger partial charge in [0.1, 0.15) is 5.78 Å². The van der Waals surface area contributed by atoms with Crippen LogP contribution in [0.15, 0.2) is 12.4 Å². The third kappa shape index (κ3) is 5.19. The molecule has 2 rings (SSSR count). The van der Waals surface area contributed by atoms with E-state index in [1.165, 1.54) is 0 Å². The van der Waals surface area contributed by atoms with Crippen LogP contribution in [0.2, 0.25) is 5.28 Å². The van der Waals surface area contributed by atoms with Crippen LogP contribution in [0.3, 0.4) is 0 Å². The minimum atomic E-state index is 0.312. The highest BCUT2D eigenvalue weighted by atomic mass is 35.5. The van der Waals surface area contributed by atoms with E-state index in [1.54, 1.807) is 12.4 Å². The van der Waals surface area contributed by atoms with Crippen LogP contribution in [0, 0.1) is 0 Å². The molecule has 4 nitrogen and oxygen atoms in total. The Morgan fingerprint density at radius 1 is 1.31 bits per heavy atom. The summed E-state index contributed by atoms with van der Waals surface area (Å²) in [6.07, 6.45) is 5.89. The predicted octanol–water partition coefficient (Wildman–Crippen LogP) is 1.63. The molecule has 0 amide bonds. The molecule has 16 heavy (non-hydrogen) atoms. The predicted molar refractivity (Wildman–Crippen MR) is 63.5 cm³/mol. The lowest BCUT2D eigenvalue weighted by molar-refractivity contribution is -0.119. The quantitative estimate of drug-likeness (QED) is 0.760. The van der Waals surface area contributed by atoms with Crippen LogP contribution in [0.4, 0.5) is 0 Å². The first-order valence-corrected chi connectivity index (χ1v) is 5.79. The number of Topliss-reactive ketones (excluding diaryl/α,β-unsaturated/α-hetero) is 1. The van der Waals surface area contributed by atoms with Gasteiger partial charge in [-0.1, -0.05) is 6.92 Å². The van der Waals surface area contributed by atoms with Gasteiger partial charge >= 0.3 is 0 Å². The summed E-state index contributed by atoms with van der Waals surface area (Å²) in [5, 5.41) is 3.41. The number of carbonyl (C=O) groups excluding carboxylic acids is 1. The Labute approximate surface area is 100 Å². The Hall–Kier alpha value is -1.00. The van der Waals surface area contributed by atoms with E-state index in [0.29, 0.717) is 11.1 Å². The standard InChI is InChI=1S/C6H7ClN2.C5H9NO/c1-2-5-3-8-6(7)9-4-5;7-5-1-3-6-4-2-5/h3-4H,2H2,1H3;6H,1-4H2. The highest BCUT2D eigenvalue weighted by Crippen LogP contribution is 1.99. The zero-order valence-electron chi connectivity index (χ0n) is 9.37. The Balaban J connectivity index is 0.000000165. The largest absolute Gasteiger partial charge is 0.316 e. The number of piperidine rings is 1. The topological polar surface area (TPSA) is 54.9 Å². The number of carbonyl (C=O) groups is 1. The molecular weight excluding hydrogens is 226 g/mol. The average molecular weight is 242 g/mol. The van der Waals surface area contributed by atoms with Crippen molar-refractivity contribution in [3.63, 3.8) is 0 Å². The maximum absolute atomic E-state index is 10.4. The first-order chi connectivity index (χ1) is 7.72. The Morgan fingerprint density at radius 3 is 2.25 bits per heavy atom. The fourth-order valence-electron chi connectivity index (χ4n) is 1.23. The first-order valence-electron chi connectivity index (χ1n) is 5.41. The van der Waals surface area contributed by atoms with Gasteiger partial charge in [-0.25, -0.2) is 9.97 Å². The number of nitrogens with one attached hydrogen (secondary N) is 1. The van der Waals surface area contributed by atoms with E-state index < -0.39 is 0 Å². The minimum absolute atomic E-state index is 0.312. The highest BCUT2D eigenvalue weighted by Gasteiger charge is 2.04. The molecular formula is C11H16ClN3O. The van der Waals surface area contributed by atoms with Crippen molar-refractivity contribution in [2.45, 2.75) is 26.2 Å². The van der Waals surface area contributed by atoms with Gasteiger partial charge in [-0.05, 0) is 23.6 Å². The van der Waals surface area contributed by atoms with Gasteiger partial charge in [0.15, 0.2) is 0 Å². The summed E-state index contributed by atoms with van der Waals surface area (Å²) in [6.45, 7) is 3.82. The van der Waals surface area contributed by atoms with Crippen molar-refractivity contribution >= 4 is 17.4 Å². The molecule has 0 aliphatic carbocycles. The SMILES string of the molecule is CCc1cnc(Cl)nc1.O=C1CCNCC1. The zero-order valence-corrected chi connectivity index (χ0v) is 10.1. The summed E-state index contributed by atoms with van der Waals surface area (Å²) in [7, 11) is 0. The number of rotatable bonds is 1. The lowest BCUT2D eigenvalue weighted by Gasteiger charge is -2.08. The minimum Gasteiger partial charge on any atom is -0.316 e. The van der Waals surface area contributed by atoms with Crippen molar-refractivity contribution in [1.29, 1.82) is 0 Å². The van der Waals surface area contributed by atoms with E-state index in [4.69, 9.17) is 11.6 Å². The summed E-state index contributed by atoms with van der Waals surface area (Å²) >= 11 is 5.45. The number of ketones is 1. The van der Waals surface area contributed by atoms with E-state index in [9.17, 15) is 4.79 Å². The van der Waals surface area contributed by atoms with Gasteiger partial charge in [0.05, 0.1) is 0 Å². The third-order valence-corrected chi connectivity index (χ3v) is 2.44. The summed E-state index contributed by atoms with van der Waals surface area (Å²) in [6, 6.07) is 0. The molecule has 88 valence electrons. The smallest absolute Gasteiger partial charge is 0.222 e. The van der Waals surface area contributed by atoms with Crippen LogP contribution in [-0.4, -0.2) is 28.8 Å². The number of hydrogen-bond acceptors (Lipinski definition) is 4. The van der Waals surface area contributed by atoms with Crippen molar-refractivity contribution < 1.29 is 4.79 Å². The summed E-state index contributed by atoms with van der Waals surface area (Å²) in [5.41, 5.74) is 1.11. The monoisotopic (exact) mass is 241 g/mol. The molecule has 0 spiro atoms. The molecule has 1 aromatic heterocycles. The normalized spacial score (nSPS) is 15.2. The second-order valence-corrected chi connectivity index (χ2v) is 3.84. The molecule has 2 heterocycles. The van der Waals surface area contributed by atoms with Crippen molar-refractivity contribution in [3.8, 4) is 0 Å². The van der Waals surface area contributed by atoms with Crippen LogP contribution >= 0.6 is 11.6 Å². The summed E-state index contributed by atoms with van der Waals surface area (Å²) in [4.78, 5) is 18.0. The highest BCUT2D eigenvalue weighted by molar-refractivity contribution is 6.28. The average Bonchev–Trinajstić information content (AvgIpc) is 2.32. The van der Waals surface area contributed by atoms with Gasteiger partial charge in [-0.3, -0.25) is 4.79 Å². The molecule has 1 aliphatic rings. The van der Waals surface area contributed by atoms with Crippen LogP contribution < -0.4 is 5.32 Å². The number of aryl methyl sites for hydroxylation is 1. The first kappa shape index (κ1) is 13.1. The van der Waals surface area contributed by atoms with Crippen molar-refractivity contribution in [2.24, 2.45) is 0 Å². The van der Waals surface area contributed by atoms with Crippen molar-refractivity contribution in [2.75, 3.05) is 13.1 Å². The van der Waals surface area contributed by atoms with Gasteiger partial charge in [0, 0.05) is 38.3 Å². The van der Waals surface area contributed by atoms with E-state index >= 15 is 0 Å². The number of halogens is 1. The molecule has 1 fully saturated rings. The van der Waals surface area contributed by atoms with Gasteiger partial charge < -0.3 is 5.32 Å². The molecule has 0 atom stereocenters. The molecule has 1 N–H and O–H groups in total. The Kier molecular flexibility index (Phi) is 5.96. The van der Waals surface area contributed by atoms with Crippen molar-refractivity contribution in [3.05, 3.63) is 23.2 Å².